The second kappa shape index (κ2) is 5.51. The molecule has 0 bridgehead atoms. The van der Waals surface area contributed by atoms with Gasteiger partial charge in [0, 0.05) is 19.2 Å². The standard InChI is InChI=1S/C13H14FN3O2/c1-9-6-12(17(2)16-9)15-13(18)8-19-11-5-3-4-10(14)7-11/h3-7H,8H2,1-2H3,(H,15,18). The number of aromatic nitrogens is 2. The van der Waals surface area contributed by atoms with Crippen LogP contribution in [0, 0.1) is 12.7 Å². The molecule has 1 aromatic heterocycles. The van der Waals surface area contributed by atoms with Crippen LogP contribution in [-0.2, 0) is 11.8 Å². The van der Waals surface area contributed by atoms with Gasteiger partial charge in [0.1, 0.15) is 17.4 Å². The highest BCUT2D eigenvalue weighted by Crippen LogP contribution is 2.12. The summed E-state index contributed by atoms with van der Waals surface area (Å²) >= 11 is 0. The molecule has 0 saturated heterocycles. The van der Waals surface area contributed by atoms with Crippen LogP contribution in [0.25, 0.3) is 0 Å². The van der Waals surface area contributed by atoms with Gasteiger partial charge in [-0.1, -0.05) is 6.07 Å². The zero-order valence-electron chi connectivity index (χ0n) is 10.7. The van der Waals surface area contributed by atoms with E-state index in [0.29, 0.717) is 11.6 Å². The lowest BCUT2D eigenvalue weighted by Crippen LogP contribution is -2.21. The molecule has 0 fully saturated rings. The van der Waals surface area contributed by atoms with Gasteiger partial charge in [-0.25, -0.2) is 4.39 Å². The van der Waals surface area contributed by atoms with E-state index in [9.17, 15) is 9.18 Å². The second-order valence-electron chi connectivity index (χ2n) is 4.09. The van der Waals surface area contributed by atoms with Crippen molar-refractivity contribution in [1.82, 2.24) is 9.78 Å². The maximum absolute atomic E-state index is 12.9. The van der Waals surface area contributed by atoms with Gasteiger partial charge in [0.25, 0.3) is 5.91 Å². The Hall–Kier alpha value is -2.37. The fraction of sp³-hybridized carbons (Fsp3) is 0.231. The van der Waals surface area contributed by atoms with Gasteiger partial charge in [-0.2, -0.15) is 5.10 Å². The first-order valence-corrected chi connectivity index (χ1v) is 5.73. The molecule has 0 radical (unpaired) electrons. The third-order valence-electron chi connectivity index (χ3n) is 2.44. The minimum atomic E-state index is -0.403. The molecule has 1 heterocycles. The van der Waals surface area contributed by atoms with Gasteiger partial charge in [0.2, 0.25) is 0 Å². The minimum Gasteiger partial charge on any atom is -0.484 e. The Morgan fingerprint density at radius 1 is 1.47 bits per heavy atom. The molecule has 100 valence electrons. The molecule has 0 atom stereocenters. The van der Waals surface area contributed by atoms with Crippen LogP contribution in [0.4, 0.5) is 10.2 Å². The van der Waals surface area contributed by atoms with E-state index in [0.717, 1.165) is 5.69 Å². The van der Waals surface area contributed by atoms with Gasteiger partial charge >= 0.3 is 0 Å². The molecule has 0 spiro atoms. The van der Waals surface area contributed by atoms with Crippen LogP contribution in [0.5, 0.6) is 5.75 Å². The van der Waals surface area contributed by atoms with E-state index in [4.69, 9.17) is 4.74 Å². The first-order chi connectivity index (χ1) is 9.04. The molecule has 2 aromatic rings. The Balaban J connectivity index is 1.90. The SMILES string of the molecule is Cc1cc(NC(=O)COc2cccc(F)c2)n(C)n1. The number of halogens is 1. The van der Waals surface area contributed by atoms with Crippen molar-refractivity contribution < 1.29 is 13.9 Å². The number of aryl methyl sites for hydroxylation is 2. The normalized spacial score (nSPS) is 10.3. The molecule has 1 amide bonds. The molecule has 0 aliphatic carbocycles. The summed E-state index contributed by atoms with van der Waals surface area (Å²) in [5, 5.41) is 6.76. The summed E-state index contributed by atoms with van der Waals surface area (Å²) in [7, 11) is 1.73. The zero-order valence-corrected chi connectivity index (χ0v) is 10.7. The molecule has 1 N–H and O–H groups in total. The maximum Gasteiger partial charge on any atom is 0.263 e. The number of nitrogens with one attached hydrogen (secondary N) is 1. The molecule has 6 heteroatoms. The average Bonchev–Trinajstić information content (AvgIpc) is 2.65. The molecule has 19 heavy (non-hydrogen) atoms. The van der Waals surface area contributed by atoms with Gasteiger partial charge in [0.05, 0.1) is 5.69 Å². The summed E-state index contributed by atoms with van der Waals surface area (Å²) in [5.74, 6) is 0.175. The number of benzene rings is 1. The highest BCUT2D eigenvalue weighted by atomic mass is 19.1. The number of anilines is 1. The predicted molar refractivity (Wildman–Crippen MR) is 68.5 cm³/mol. The van der Waals surface area contributed by atoms with Crippen LogP contribution in [0.2, 0.25) is 0 Å². The van der Waals surface area contributed by atoms with Crippen LogP contribution in [0.1, 0.15) is 5.69 Å². The summed E-state index contributed by atoms with van der Waals surface area (Å²) in [6, 6.07) is 7.39. The van der Waals surface area contributed by atoms with E-state index in [1.807, 2.05) is 6.92 Å². The number of ether oxygens (including phenoxy) is 1. The zero-order chi connectivity index (χ0) is 13.8. The molecule has 0 saturated carbocycles. The van der Waals surface area contributed by atoms with Gasteiger partial charge in [-0.05, 0) is 19.1 Å². The maximum atomic E-state index is 12.9. The lowest BCUT2D eigenvalue weighted by molar-refractivity contribution is -0.118. The Morgan fingerprint density at radius 3 is 2.89 bits per heavy atom. The van der Waals surface area contributed by atoms with Crippen molar-refractivity contribution in [3.63, 3.8) is 0 Å². The van der Waals surface area contributed by atoms with Crippen molar-refractivity contribution in [2.24, 2.45) is 7.05 Å². The first-order valence-electron chi connectivity index (χ1n) is 5.73. The summed E-state index contributed by atoms with van der Waals surface area (Å²) in [6.45, 7) is 1.65. The smallest absolute Gasteiger partial charge is 0.263 e. The fourth-order valence-corrected chi connectivity index (χ4v) is 1.61. The minimum absolute atomic E-state index is 0.187. The van der Waals surface area contributed by atoms with E-state index in [2.05, 4.69) is 10.4 Å². The number of hydrogen-bond donors (Lipinski definition) is 1. The van der Waals surface area contributed by atoms with E-state index in [-0.39, 0.29) is 12.5 Å². The quantitative estimate of drug-likeness (QED) is 0.916. The fourth-order valence-electron chi connectivity index (χ4n) is 1.61. The van der Waals surface area contributed by atoms with Crippen molar-refractivity contribution in [1.29, 1.82) is 0 Å². The highest BCUT2D eigenvalue weighted by molar-refractivity contribution is 5.91. The lowest BCUT2D eigenvalue weighted by atomic mass is 10.3. The average molecular weight is 263 g/mol. The number of hydrogen-bond acceptors (Lipinski definition) is 3. The van der Waals surface area contributed by atoms with Crippen molar-refractivity contribution in [3.05, 3.63) is 41.8 Å². The summed E-state index contributed by atoms with van der Waals surface area (Å²) in [5.41, 5.74) is 0.809. The number of rotatable bonds is 4. The van der Waals surface area contributed by atoms with Gasteiger partial charge < -0.3 is 10.1 Å². The largest absolute Gasteiger partial charge is 0.484 e. The highest BCUT2D eigenvalue weighted by Gasteiger charge is 2.08. The monoisotopic (exact) mass is 263 g/mol. The van der Waals surface area contributed by atoms with Gasteiger partial charge in [-0.15, -0.1) is 0 Å². The number of nitrogens with zero attached hydrogens (tertiary/aromatic N) is 2. The molecular weight excluding hydrogens is 249 g/mol. The Labute approximate surface area is 110 Å². The molecule has 0 aliphatic heterocycles. The van der Waals surface area contributed by atoms with Crippen molar-refractivity contribution >= 4 is 11.7 Å². The van der Waals surface area contributed by atoms with E-state index in [1.54, 1.807) is 23.9 Å². The van der Waals surface area contributed by atoms with Gasteiger partial charge in [0.15, 0.2) is 6.61 Å². The van der Waals surface area contributed by atoms with Crippen molar-refractivity contribution in [2.45, 2.75) is 6.92 Å². The summed E-state index contributed by atoms with van der Waals surface area (Å²) < 4.78 is 19.7. The molecule has 0 unspecified atom stereocenters. The Bertz CT molecular complexity index is 595. The molecule has 5 nitrogen and oxygen atoms in total. The topological polar surface area (TPSA) is 56.1 Å². The Kier molecular flexibility index (Phi) is 3.79. The number of amides is 1. The van der Waals surface area contributed by atoms with Crippen molar-refractivity contribution in [3.8, 4) is 5.75 Å². The third-order valence-corrected chi connectivity index (χ3v) is 2.44. The summed E-state index contributed by atoms with van der Waals surface area (Å²) in [6.07, 6.45) is 0. The van der Waals surface area contributed by atoms with Crippen LogP contribution < -0.4 is 10.1 Å². The lowest BCUT2D eigenvalue weighted by Gasteiger charge is -2.07. The molecule has 2 rings (SSSR count). The molecular formula is C13H14FN3O2. The van der Waals surface area contributed by atoms with Gasteiger partial charge in [-0.3, -0.25) is 9.48 Å². The number of carbonyl (C=O) groups excluding carboxylic acids is 1. The van der Waals surface area contributed by atoms with E-state index < -0.39 is 5.82 Å². The van der Waals surface area contributed by atoms with Crippen LogP contribution in [0.3, 0.4) is 0 Å². The molecule has 1 aromatic carbocycles. The van der Waals surface area contributed by atoms with Crippen LogP contribution >= 0.6 is 0 Å². The second-order valence-corrected chi connectivity index (χ2v) is 4.09. The first kappa shape index (κ1) is 13.1. The van der Waals surface area contributed by atoms with Crippen molar-refractivity contribution in [2.75, 3.05) is 11.9 Å². The predicted octanol–water partition coefficient (Wildman–Crippen LogP) is 1.89. The van der Waals surface area contributed by atoms with E-state index >= 15 is 0 Å². The van der Waals surface area contributed by atoms with Crippen LogP contribution in [-0.4, -0.2) is 22.3 Å². The van der Waals surface area contributed by atoms with E-state index in [1.165, 1.54) is 18.2 Å². The molecule has 0 aliphatic rings. The summed E-state index contributed by atoms with van der Waals surface area (Å²) in [4.78, 5) is 11.7. The Morgan fingerprint density at radius 2 is 2.26 bits per heavy atom. The third kappa shape index (κ3) is 3.54. The number of carbonyl (C=O) groups is 1. The van der Waals surface area contributed by atoms with Crippen LogP contribution in [0.15, 0.2) is 30.3 Å².